The van der Waals surface area contributed by atoms with Gasteiger partial charge in [-0.25, -0.2) is 0 Å². The van der Waals surface area contributed by atoms with Gasteiger partial charge in [0.25, 0.3) is 6.01 Å². The Morgan fingerprint density at radius 3 is 2.95 bits per heavy atom. The number of aromatic nitrogens is 1. The highest BCUT2D eigenvalue weighted by molar-refractivity contribution is 5.28. The quantitative estimate of drug-likeness (QED) is 0.876. The predicted molar refractivity (Wildman–Crippen MR) is 77.4 cm³/mol. The molecule has 0 aromatic carbocycles. The van der Waals surface area contributed by atoms with Crippen molar-refractivity contribution >= 4 is 6.01 Å². The third-order valence-electron chi connectivity index (χ3n) is 3.63. The highest BCUT2D eigenvalue weighted by Crippen LogP contribution is 2.17. The molecule has 1 saturated heterocycles. The van der Waals surface area contributed by atoms with Gasteiger partial charge in [0.05, 0.1) is 5.69 Å². The van der Waals surface area contributed by atoms with Crippen LogP contribution in [0.2, 0.25) is 0 Å². The van der Waals surface area contributed by atoms with Gasteiger partial charge in [-0.3, -0.25) is 0 Å². The summed E-state index contributed by atoms with van der Waals surface area (Å²) in [6, 6.07) is 1.31. The van der Waals surface area contributed by atoms with Crippen LogP contribution in [0.4, 0.5) is 6.01 Å². The van der Waals surface area contributed by atoms with Gasteiger partial charge in [-0.05, 0) is 26.4 Å². The first-order valence-electron chi connectivity index (χ1n) is 7.16. The van der Waals surface area contributed by atoms with Crippen molar-refractivity contribution < 1.29 is 4.42 Å². The van der Waals surface area contributed by atoms with Gasteiger partial charge in [-0.15, -0.1) is 0 Å². The van der Waals surface area contributed by atoms with Crippen LogP contribution in [0.15, 0.2) is 10.7 Å². The molecule has 0 amide bonds. The van der Waals surface area contributed by atoms with Gasteiger partial charge in [0.2, 0.25) is 0 Å². The maximum Gasteiger partial charge on any atom is 0.297 e. The minimum absolute atomic E-state index is 0.545. The molecule has 1 aromatic heterocycles. The Hall–Kier alpha value is -1.07. The minimum atomic E-state index is 0.545. The van der Waals surface area contributed by atoms with Crippen molar-refractivity contribution in [3.05, 3.63) is 12.0 Å². The molecule has 0 aliphatic carbocycles. The van der Waals surface area contributed by atoms with E-state index in [0.29, 0.717) is 12.0 Å². The number of rotatable bonds is 5. The second-order valence-corrected chi connectivity index (χ2v) is 5.92. The summed E-state index contributed by atoms with van der Waals surface area (Å²) in [5.41, 5.74) is 0.988. The van der Waals surface area contributed by atoms with E-state index < -0.39 is 0 Å². The molecule has 1 unspecified atom stereocenters. The smallest absolute Gasteiger partial charge is 0.297 e. The van der Waals surface area contributed by atoms with E-state index in [0.717, 1.165) is 44.4 Å². The number of nitrogens with one attached hydrogen (secondary N) is 1. The van der Waals surface area contributed by atoms with Crippen molar-refractivity contribution in [2.45, 2.75) is 33.4 Å². The van der Waals surface area contributed by atoms with Crippen molar-refractivity contribution in [2.24, 2.45) is 5.92 Å². The molecule has 1 atom stereocenters. The van der Waals surface area contributed by atoms with E-state index in [1.807, 2.05) is 0 Å². The van der Waals surface area contributed by atoms with E-state index in [4.69, 9.17) is 4.42 Å². The zero-order valence-corrected chi connectivity index (χ0v) is 12.5. The summed E-state index contributed by atoms with van der Waals surface area (Å²) in [6.45, 7) is 11.5. The standard InChI is InChI=1S/C14H26N4O/c1-11(2)7-15-8-13-10-19-14(16-13)18-6-5-17(4)12(3)9-18/h10-12,15H,5-9H2,1-4H3. The van der Waals surface area contributed by atoms with Crippen LogP contribution < -0.4 is 10.2 Å². The molecule has 2 rings (SSSR count). The molecule has 1 aliphatic rings. The van der Waals surface area contributed by atoms with Gasteiger partial charge in [-0.1, -0.05) is 13.8 Å². The highest BCUT2D eigenvalue weighted by Gasteiger charge is 2.23. The fraction of sp³-hybridized carbons (Fsp3) is 0.786. The maximum atomic E-state index is 5.60. The molecule has 5 nitrogen and oxygen atoms in total. The average Bonchev–Trinajstić information content (AvgIpc) is 2.81. The molecular weight excluding hydrogens is 240 g/mol. The fourth-order valence-corrected chi connectivity index (χ4v) is 2.23. The van der Waals surface area contributed by atoms with Gasteiger partial charge in [0.15, 0.2) is 0 Å². The van der Waals surface area contributed by atoms with E-state index in [1.54, 1.807) is 6.26 Å². The summed E-state index contributed by atoms with van der Waals surface area (Å²) >= 11 is 0. The SMILES string of the molecule is CC(C)CNCc1coc(N2CCN(C)C(C)C2)n1. The van der Waals surface area contributed by atoms with Crippen molar-refractivity contribution in [1.29, 1.82) is 0 Å². The molecule has 2 heterocycles. The first kappa shape index (κ1) is 14.3. The Bertz CT molecular complexity index is 391. The number of likely N-dealkylation sites (N-methyl/N-ethyl adjacent to an activating group) is 1. The van der Waals surface area contributed by atoms with E-state index in [1.165, 1.54) is 0 Å². The lowest BCUT2D eigenvalue weighted by molar-refractivity contribution is 0.229. The first-order valence-corrected chi connectivity index (χ1v) is 7.16. The summed E-state index contributed by atoms with van der Waals surface area (Å²) < 4.78 is 5.60. The molecule has 1 fully saturated rings. The Labute approximate surface area is 116 Å². The average molecular weight is 266 g/mol. The molecule has 1 aromatic rings. The number of hydrogen-bond acceptors (Lipinski definition) is 5. The minimum Gasteiger partial charge on any atom is -0.432 e. The largest absolute Gasteiger partial charge is 0.432 e. The van der Waals surface area contributed by atoms with Crippen molar-refractivity contribution in [3.63, 3.8) is 0 Å². The summed E-state index contributed by atoms with van der Waals surface area (Å²) in [4.78, 5) is 9.17. The third kappa shape index (κ3) is 3.94. The number of hydrogen-bond donors (Lipinski definition) is 1. The van der Waals surface area contributed by atoms with Crippen LogP contribution in [0.25, 0.3) is 0 Å². The summed E-state index contributed by atoms with van der Waals surface area (Å²) in [7, 11) is 2.17. The van der Waals surface area contributed by atoms with Crippen molar-refractivity contribution in [1.82, 2.24) is 15.2 Å². The lowest BCUT2D eigenvalue weighted by Crippen LogP contribution is -2.50. The topological polar surface area (TPSA) is 44.5 Å². The van der Waals surface area contributed by atoms with Crippen molar-refractivity contribution in [3.8, 4) is 0 Å². The molecule has 1 N–H and O–H groups in total. The normalized spacial score (nSPS) is 21.3. The lowest BCUT2D eigenvalue weighted by Gasteiger charge is -2.36. The molecule has 5 heteroatoms. The molecule has 0 radical (unpaired) electrons. The van der Waals surface area contributed by atoms with Crippen LogP contribution in [0, 0.1) is 5.92 Å². The Morgan fingerprint density at radius 1 is 1.47 bits per heavy atom. The fourth-order valence-electron chi connectivity index (χ4n) is 2.23. The molecule has 0 spiro atoms. The van der Waals surface area contributed by atoms with Crippen molar-refractivity contribution in [2.75, 3.05) is 38.1 Å². The zero-order valence-electron chi connectivity index (χ0n) is 12.5. The van der Waals surface area contributed by atoms with Gasteiger partial charge < -0.3 is 19.5 Å². The third-order valence-corrected chi connectivity index (χ3v) is 3.63. The maximum absolute atomic E-state index is 5.60. The van der Waals surface area contributed by atoms with E-state index >= 15 is 0 Å². The van der Waals surface area contributed by atoms with Gasteiger partial charge in [0.1, 0.15) is 6.26 Å². The van der Waals surface area contributed by atoms with Crippen LogP contribution in [0.5, 0.6) is 0 Å². The Balaban J connectivity index is 1.86. The Kier molecular flexibility index (Phi) is 4.82. The molecule has 108 valence electrons. The van der Waals surface area contributed by atoms with Crippen LogP contribution >= 0.6 is 0 Å². The summed E-state index contributed by atoms with van der Waals surface area (Å²) in [5, 5.41) is 3.38. The first-order chi connectivity index (χ1) is 9.06. The van der Waals surface area contributed by atoms with Crippen LogP contribution in [0.3, 0.4) is 0 Å². The van der Waals surface area contributed by atoms with Crippen LogP contribution in [-0.2, 0) is 6.54 Å². The molecule has 0 saturated carbocycles. The van der Waals surface area contributed by atoms with E-state index in [-0.39, 0.29) is 0 Å². The molecule has 0 bridgehead atoms. The molecular formula is C14H26N4O. The second kappa shape index (κ2) is 6.39. The van der Waals surface area contributed by atoms with E-state index in [9.17, 15) is 0 Å². The number of nitrogens with zero attached hydrogens (tertiary/aromatic N) is 3. The number of anilines is 1. The molecule has 19 heavy (non-hydrogen) atoms. The van der Waals surface area contributed by atoms with Crippen LogP contribution in [-0.4, -0.2) is 49.2 Å². The van der Waals surface area contributed by atoms with Gasteiger partial charge in [-0.2, -0.15) is 4.98 Å². The van der Waals surface area contributed by atoms with Gasteiger partial charge in [0, 0.05) is 32.2 Å². The summed E-state index contributed by atoms with van der Waals surface area (Å²) in [6.07, 6.45) is 1.77. The molecule has 1 aliphatic heterocycles. The highest BCUT2D eigenvalue weighted by atomic mass is 16.4. The summed E-state index contributed by atoms with van der Waals surface area (Å²) in [5.74, 6) is 0.657. The van der Waals surface area contributed by atoms with E-state index in [2.05, 4.69) is 47.9 Å². The monoisotopic (exact) mass is 266 g/mol. The number of oxazole rings is 1. The van der Waals surface area contributed by atoms with Gasteiger partial charge >= 0.3 is 0 Å². The predicted octanol–water partition coefficient (Wildman–Crippen LogP) is 1.56. The Morgan fingerprint density at radius 2 is 2.26 bits per heavy atom. The lowest BCUT2D eigenvalue weighted by atomic mass is 10.2. The van der Waals surface area contributed by atoms with Crippen LogP contribution in [0.1, 0.15) is 26.5 Å². The second-order valence-electron chi connectivity index (χ2n) is 5.92. The number of piperazine rings is 1. The zero-order chi connectivity index (χ0) is 13.8.